The molecule has 0 atom stereocenters. The van der Waals surface area contributed by atoms with Crippen LogP contribution in [0.2, 0.25) is 0 Å². The molecule has 11 heteroatoms. The fourth-order valence-corrected chi connectivity index (χ4v) is 4.85. The summed E-state index contributed by atoms with van der Waals surface area (Å²) in [6.45, 7) is 7.90. The Hall–Kier alpha value is -3.60. The summed E-state index contributed by atoms with van der Waals surface area (Å²) in [7, 11) is -2.06. The molecular formula is C24H30N6O4S. The third-order valence-electron chi connectivity index (χ3n) is 5.72. The summed E-state index contributed by atoms with van der Waals surface area (Å²) in [4.78, 5) is 15.4. The maximum Gasteiger partial charge on any atom is 0.238 e. The van der Waals surface area contributed by atoms with Gasteiger partial charge in [0.1, 0.15) is 23.9 Å². The zero-order valence-corrected chi connectivity index (χ0v) is 21.3. The number of ether oxygens (including phenoxy) is 2. The van der Waals surface area contributed by atoms with Gasteiger partial charge in [0.05, 0.1) is 19.9 Å². The van der Waals surface area contributed by atoms with Gasteiger partial charge in [-0.25, -0.2) is 18.4 Å². The lowest BCUT2D eigenvalue weighted by atomic mass is 10.0. The summed E-state index contributed by atoms with van der Waals surface area (Å²) >= 11 is 0. The van der Waals surface area contributed by atoms with E-state index in [4.69, 9.17) is 15.2 Å². The van der Waals surface area contributed by atoms with Crippen molar-refractivity contribution < 1.29 is 17.9 Å². The number of aryl methyl sites for hydroxylation is 1. The van der Waals surface area contributed by atoms with Crippen LogP contribution in [0.5, 0.6) is 11.6 Å². The first-order valence-electron chi connectivity index (χ1n) is 11.2. The van der Waals surface area contributed by atoms with Gasteiger partial charge in [0.15, 0.2) is 0 Å². The Morgan fingerprint density at radius 3 is 2.66 bits per heavy atom. The topological polar surface area (TPSA) is 133 Å². The van der Waals surface area contributed by atoms with Gasteiger partial charge in [0, 0.05) is 35.1 Å². The Morgan fingerprint density at radius 1 is 1.20 bits per heavy atom. The Bertz CT molecular complexity index is 1360. The van der Waals surface area contributed by atoms with E-state index in [1.165, 1.54) is 7.11 Å². The lowest BCUT2D eigenvalue weighted by Crippen LogP contribution is -2.28. The van der Waals surface area contributed by atoms with E-state index in [0.29, 0.717) is 19.7 Å². The minimum absolute atomic E-state index is 0.196. The van der Waals surface area contributed by atoms with Crippen LogP contribution >= 0.6 is 0 Å². The summed E-state index contributed by atoms with van der Waals surface area (Å²) in [5.74, 6) is 2.28. The van der Waals surface area contributed by atoms with Crippen LogP contribution in [-0.4, -0.2) is 49.9 Å². The van der Waals surface area contributed by atoms with Gasteiger partial charge in [-0.2, -0.15) is 4.98 Å². The van der Waals surface area contributed by atoms with E-state index in [9.17, 15) is 8.42 Å². The molecule has 3 N–H and O–H groups in total. The van der Waals surface area contributed by atoms with E-state index in [-0.39, 0.29) is 23.4 Å². The minimum Gasteiger partial charge on any atom is -0.491 e. The highest BCUT2D eigenvalue weighted by Crippen LogP contribution is 2.35. The van der Waals surface area contributed by atoms with Crippen molar-refractivity contribution >= 4 is 27.5 Å². The molecule has 0 unspecified atom stereocenters. The molecule has 2 aromatic heterocycles. The number of benzene rings is 1. The predicted octanol–water partition coefficient (Wildman–Crippen LogP) is 3.33. The van der Waals surface area contributed by atoms with Crippen molar-refractivity contribution in [3.8, 4) is 22.8 Å². The van der Waals surface area contributed by atoms with Crippen LogP contribution in [0.3, 0.4) is 0 Å². The summed E-state index contributed by atoms with van der Waals surface area (Å²) in [6.07, 6.45) is 2.73. The number of methoxy groups -OCH3 is 1. The van der Waals surface area contributed by atoms with Crippen LogP contribution in [0, 0.1) is 6.92 Å². The molecule has 0 aliphatic carbocycles. The number of nitrogen functional groups attached to an aromatic ring is 1. The number of fused-ring (bicyclic) bond motifs is 1. The largest absolute Gasteiger partial charge is 0.491 e. The second-order valence-electron chi connectivity index (χ2n) is 8.81. The zero-order chi connectivity index (χ0) is 25.3. The fourth-order valence-electron chi connectivity index (χ4n) is 4.30. The Labute approximate surface area is 205 Å². The van der Waals surface area contributed by atoms with Gasteiger partial charge in [-0.1, -0.05) is 19.9 Å². The third kappa shape index (κ3) is 5.40. The molecule has 1 aliphatic rings. The summed E-state index contributed by atoms with van der Waals surface area (Å²) in [5.41, 5.74) is 10.8. The number of anilines is 3. The number of hydrogen-bond donors (Lipinski definition) is 2. The standard InChI is InChI=1S/C24H30N6O4S/c1-14(2)21-15(3)27-24(25)28-22(21)30-8-9-34-20-7-6-16(10-18(20)13-30)17-11-19(29-35(5,31)32)23(33-4)26-12-17/h6-7,10-12,14,29H,8-9,13H2,1-5H3,(H2,25,27,28). The Kier molecular flexibility index (Phi) is 6.70. The number of nitrogens with two attached hydrogens (primary N) is 1. The van der Waals surface area contributed by atoms with Gasteiger partial charge in [0.2, 0.25) is 21.9 Å². The molecule has 1 aromatic carbocycles. The van der Waals surface area contributed by atoms with E-state index < -0.39 is 10.0 Å². The number of sulfonamides is 1. The highest BCUT2D eigenvalue weighted by atomic mass is 32.2. The van der Waals surface area contributed by atoms with Crippen molar-refractivity contribution in [2.24, 2.45) is 0 Å². The highest BCUT2D eigenvalue weighted by molar-refractivity contribution is 7.92. The first-order valence-corrected chi connectivity index (χ1v) is 13.1. The molecule has 0 spiro atoms. The summed E-state index contributed by atoms with van der Waals surface area (Å²) < 4.78 is 37.3. The van der Waals surface area contributed by atoms with Gasteiger partial charge < -0.3 is 20.1 Å². The maximum absolute atomic E-state index is 11.8. The number of aromatic nitrogens is 3. The van der Waals surface area contributed by atoms with Crippen LogP contribution in [0.1, 0.15) is 36.6 Å². The second kappa shape index (κ2) is 9.57. The monoisotopic (exact) mass is 498 g/mol. The molecule has 186 valence electrons. The molecule has 0 radical (unpaired) electrons. The van der Waals surface area contributed by atoms with Crippen LogP contribution in [0.4, 0.5) is 17.5 Å². The summed E-state index contributed by atoms with van der Waals surface area (Å²) in [6, 6.07) is 7.57. The van der Waals surface area contributed by atoms with E-state index >= 15 is 0 Å². The SMILES string of the molecule is COc1ncc(-c2ccc3c(c2)CN(c2nc(N)nc(C)c2C(C)C)CCO3)cc1NS(C)(=O)=O. The lowest BCUT2D eigenvalue weighted by molar-refractivity contribution is 0.331. The molecule has 0 amide bonds. The Balaban J connectivity index is 1.73. The molecule has 4 rings (SSSR count). The van der Waals surface area contributed by atoms with Gasteiger partial charge in [0.25, 0.3) is 0 Å². The van der Waals surface area contributed by atoms with Crippen molar-refractivity contribution in [3.63, 3.8) is 0 Å². The van der Waals surface area contributed by atoms with Crippen LogP contribution in [0.25, 0.3) is 11.1 Å². The van der Waals surface area contributed by atoms with Crippen molar-refractivity contribution in [1.29, 1.82) is 0 Å². The average Bonchev–Trinajstić information content (AvgIpc) is 2.99. The minimum atomic E-state index is -3.50. The molecule has 10 nitrogen and oxygen atoms in total. The van der Waals surface area contributed by atoms with Crippen molar-refractivity contribution in [2.45, 2.75) is 33.2 Å². The van der Waals surface area contributed by atoms with Gasteiger partial charge >= 0.3 is 0 Å². The van der Waals surface area contributed by atoms with Crippen molar-refractivity contribution in [1.82, 2.24) is 15.0 Å². The molecular weight excluding hydrogens is 468 g/mol. The van der Waals surface area contributed by atoms with Gasteiger partial charge in [-0.3, -0.25) is 4.72 Å². The van der Waals surface area contributed by atoms with Crippen molar-refractivity contribution in [2.75, 3.05) is 41.9 Å². The second-order valence-corrected chi connectivity index (χ2v) is 10.6. The van der Waals surface area contributed by atoms with E-state index in [1.807, 2.05) is 25.1 Å². The maximum atomic E-state index is 11.8. The van der Waals surface area contributed by atoms with E-state index in [1.54, 1.807) is 12.3 Å². The normalized spacial score (nSPS) is 13.7. The highest BCUT2D eigenvalue weighted by Gasteiger charge is 2.23. The fraction of sp³-hybridized carbons (Fsp3) is 0.375. The number of nitrogens with one attached hydrogen (secondary N) is 1. The Morgan fingerprint density at radius 2 is 1.97 bits per heavy atom. The van der Waals surface area contributed by atoms with Crippen LogP contribution in [0.15, 0.2) is 30.5 Å². The molecule has 35 heavy (non-hydrogen) atoms. The smallest absolute Gasteiger partial charge is 0.238 e. The molecule has 0 saturated heterocycles. The van der Waals surface area contributed by atoms with Gasteiger partial charge in [-0.15, -0.1) is 0 Å². The third-order valence-corrected chi connectivity index (χ3v) is 6.31. The number of pyridine rings is 1. The average molecular weight is 499 g/mol. The lowest BCUT2D eigenvalue weighted by Gasteiger charge is -2.26. The van der Waals surface area contributed by atoms with E-state index in [0.717, 1.165) is 45.8 Å². The first-order chi connectivity index (χ1) is 16.6. The predicted molar refractivity (Wildman–Crippen MR) is 137 cm³/mol. The first kappa shape index (κ1) is 24.5. The number of rotatable bonds is 6. The van der Waals surface area contributed by atoms with Crippen LogP contribution < -0.4 is 24.8 Å². The molecule has 0 bridgehead atoms. The zero-order valence-electron chi connectivity index (χ0n) is 20.5. The molecule has 3 aromatic rings. The molecule has 0 saturated carbocycles. The van der Waals surface area contributed by atoms with E-state index in [2.05, 4.69) is 38.4 Å². The summed E-state index contributed by atoms with van der Waals surface area (Å²) in [5, 5.41) is 0. The molecule has 0 fully saturated rings. The van der Waals surface area contributed by atoms with Gasteiger partial charge in [-0.05, 0) is 36.6 Å². The van der Waals surface area contributed by atoms with Crippen LogP contribution in [-0.2, 0) is 16.6 Å². The molecule has 3 heterocycles. The number of hydrogen-bond acceptors (Lipinski definition) is 9. The number of nitrogens with zero attached hydrogens (tertiary/aromatic N) is 4. The molecule has 1 aliphatic heterocycles. The quantitative estimate of drug-likeness (QED) is 0.525. The van der Waals surface area contributed by atoms with Crippen molar-refractivity contribution in [3.05, 3.63) is 47.3 Å².